The molecule has 0 radical (unpaired) electrons. The zero-order valence-electron chi connectivity index (χ0n) is 18.2. The van der Waals surface area contributed by atoms with Crippen molar-refractivity contribution in [3.05, 3.63) is 0 Å². The molecule has 0 fully saturated rings. The van der Waals surface area contributed by atoms with E-state index in [1.165, 1.54) is 6.92 Å². The number of amides is 4. The summed E-state index contributed by atoms with van der Waals surface area (Å²) in [7, 11) is 0. The van der Waals surface area contributed by atoms with Crippen molar-refractivity contribution < 1.29 is 29.1 Å². The summed E-state index contributed by atoms with van der Waals surface area (Å²) in [5.74, 6) is -4.00. The molecular formula is C19H35N5O6. The van der Waals surface area contributed by atoms with Crippen LogP contribution in [0.2, 0.25) is 0 Å². The van der Waals surface area contributed by atoms with E-state index in [9.17, 15) is 29.1 Å². The van der Waals surface area contributed by atoms with Crippen LogP contribution in [0.15, 0.2) is 0 Å². The highest BCUT2D eigenvalue weighted by Gasteiger charge is 2.29. The maximum atomic E-state index is 12.6. The zero-order valence-corrected chi connectivity index (χ0v) is 18.2. The van der Waals surface area contributed by atoms with Crippen LogP contribution >= 0.6 is 0 Å². The highest BCUT2D eigenvalue weighted by atomic mass is 16.4. The minimum Gasteiger partial charge on any atom is -0.480 e. The Hall–Kier alpha value is -2.69. The number of nitrogens with two attached hydrogens (primary N) is 2. The Labute approximate surface area is 176 Å². The van der Waals surface area contributed by atoms with Gasteiger partial charge in [-0.25, -0.2) is 4.79 Å². The van der Waals surface area contributed by atoms with E-state index < -0.39 is 53.8 Å². The minimum atomic E-state index is -1.19. The number of primary amides is 1. The topological polar surface area (TPSA) is 194 Å². The van der Waals surface area contributed by atoms with E-state index in [1.807, 2.05) is 13.8 Å². The van der Waals surface area contributed by atoms with Gasteiger partial charge in [0.05, 0.1) is 6.04 Å². The first-order valence-corrected chi connectivity index (χ1v) is 9.94. The van der Waals surface area contributed by atoms with Crippen LogP contribution in [-0.4, -0.2) is 58.9 Å². The van der Waals surface area contributed by atoms with Crippen molar-refractivity contribution >= 4 is 29.6 Å². The van der Waals surface area contributed by atoms with Crippen LogP contribution in [0, 0.1) is 11.8 Å². The molecule has 0 aliphatic heterocycles. The van der Waals surface area contributed by atoms with E-state index in [0.29, 0.717) is 6.42 Å². The van der Waals surface area contributed by atoms with Crippen LogP contribution in [0.4, 0.5) is 0 Å². The largest absolute Gasteiger partial charge is 0.480 e. The minimum absolute atomic E-state index is 0.0701. The lowest BCUT2D eigenvalue weighted by molar-refractivity contribution is -0.143. The van der Waals surface area contributed by atoms with Gasteiger partial charge in [-0.05, 0) is 31.6 Å². The second-order valence-electron chi connectivity index (χ2n) is 8.10. The molecule has 11 nitrogen and oxygen atoms in total. The first kappa shape index (κ1) is 27.3. The van der Waals surface area contributed by atoms with Crippen molar-refractivity contribution in [3.63, 3.8) is 0 Å². The van der Waals surface area contributed by atoms with Crippen molar-refractivity contribution in [1.29, 1.82) is 0 Å². The molecule has 0 aromatic heterocycles. The molecule has 0 aromatic rings. The lowest BCUT2D eigenvalue weighted by Gasteiger charge is -2.24. The van der Waals surface area contributed by atoms with Crippen molar-refractivity contribution in [2.24, 2.45) is 23.3 Å². The molecular weight excluding hydrogens is 394 g/mol. The van der Waals surface area contributed by atoms with E-state index in [2.05, 4.69) is 16.0 Å². The van der Waals surface area contributed by atoms with Crippen LogP contribution in [0.3, 0.4) is 0 Å². The molecule has 172 valence electrons. The Balaban J connectivity index is 5.13. The predicted molar refractivity (Wildman–Crippen MR) is 110 cm³/mol. The summed E-state index contributed by atoms with van der Waals surface area (Å²) in [5.41, 5.74) is 11.0. The lowest BCUT2D eigenvalue weighted by Crippen LogP contribution is -2.57. The Morgan fingerprint density at radius 1 is 0.867 bits per heavy atom. The lowest BCUT2D eigenvalue weighted by atomic mass is 10.0. The quantitative estimate of drug-likeness (QED) is 0.212. The third kappa shape index (κ3) is 10.2. The molecule has 0 aliphatic carbocycles. The molecule has 0 aliphatic rings. The van der Waals surface area contributed by atoms with Crippen LogP contribution in [0.5, 0.6) is 0 Å². The molecule has 0 rings (SSSR count). The SMILES string of the molecule is CC(C)C[C@H](N)C(=O)N[C@@H](CCC(N)=O)C(=O)N[C@@H](C)C(=O)N[C@H](C(=O)O)C(C)C. The van der Waals surface area contributed by atoms with Crippen molar-refractivity contribution in [2.75, 3.05) is 0 Å². The van der Waals surface area contributed by atoms with Gasteiger partial charge in [0.15, 0.2) is 0 Å². The van der Waals surface area contributed by atoms with Gasteiger partial charge in [0, 0.05) is 6.42 Å². The molecule has 8 N–H and O–H groups in total. The molecule has 0 unspecified atom stereocenters. The van der Waals surface area contributed by atoms with Gasteiger partial charge in [0.2, 0.25) is 23.6 Å². The smallest absolute Gasteiger partial charge is 0.326 e. The molecule has 11 heteroatoms. The Morgan fingerprint density at radius 3 is 1.87 bits per heavy atom. The van der Waals surface area contributed by atoms with Crippen molar-refractivity contribution in [1.82, 2.24) is 16.0 Å². The van der Waals surface area contributed by atoms with Crippen LogP contribution in [0.25, 0.3) is 0 Å². The molecule has 4 atom stereocenters. The average molecular weight is 430 g/mol. The second kappa shape index (κ2) is 12.8. The predicted octanol–water partition coefficient (Wildman–Crippen LogP) is -1.16. The summed E-state index contributed by atoms with van der Waals surface area (Å²) in [6, 6.07) is -4.15. The van der Waals surface area contributed by atoms with Gasteiger partial charge < -0.3 is 32.5 Å². The normalized spacial score (nSPS) is 15.1. The number of rotatable bonds is 13. The standard InChI is InChI=1S/C19H35N5O6/c1-9(2)8-12(20)17(27)23-13(6-7-14(21)25)18(28)22-11(5)16(26)24-15(10(3)4)19(29)30/h9-13,15H,6-8,20H2,1-5H3,(H2,21,25)(H,22,28)(H,23,27)(H,24,26)(H,29,30)/t11-,12-,13-,15-/m0/s1. The maximum Gasteiger partial charge on any atom is 0.326 e. The Bertz CT molecular complexity index is 637. The summed E-state index contributed by atoms with van der Waals surface area (Å²) in [6.45, 7) is 8.44. The first-order chi connectivity index (χ1) is 13.8. The van der Waals surface area contributed by atoms with E-state index in [1.54, 1.807) is 13.8 Å². The molecule has 0 bridgehead atoms. The monoisotopic (exact) mass is 429 g/mol. The van der Waals surface area contributed by atoms with Gasteiger partial charge in [-0.3, -0.25) is 19.2 Å². The maximum absolute atomic E-state index is 12.6. The van der Waals surface area contributed by atoms with Gasteiger partial charge in [0.25, 0.3) is 0 Å². The first-order valence-electron chi connectivity index (χ1n) is 9.94. The fraction of sp³-hybridized carbons (Fsp3) is 0.737. The van der Waals surface area contributed by atoms with Gasteiger partial charge in [-0.2, -0.15) is 0 Å². The third-order valence-electron chi connectivity index (χ3n) is 4.36. The van der Waals surface area contributed by atoms with E-state index in [4.69, 9.17) is 11.5 Å². The zero-order chi connectivity index (χ0) is 23.6. The third-order valence-corrected chi connectivity index (χ3v) is 4.36. The van der Waals surface area contributed by atoms with Crippen LogP contribution in [-0.2, 0) is 24.0 Å². The highest BCUT2D eigenvalue weighted by molar-refractivity contribution is 5.94. The van der Waals surface area contributed by atoms with Crippen LogP contribution in [0.1, 0.15) is 53.9 Å². The van der Waals surface area contributed by atoms with Crippen molar-refractivity contribution in [3.8, 4) is 0 Å². The molecule has 0 heterocycles. The number of aliphatic carboxylic acids is 1. The summed E-state index contributed by atoms with van der Waals surface area (Å²) >= 11 is 0. The number of hydrogen-bond donors (Lipinski definition) is 6. The summed E-state index contributed by atoms with van der Waals surface area (Å²) in [6.07, 6.45) is 0.173. The number of carboxylic acids is 1. The fourth-order valence-corrected chi connectivity index (χ4v) is 2.62. The van der Waals surface area contributed by atoms with E-state index >= 15 is 0 Å². The van der Waals surface area contributed by atoms with Crippen molar-refractivity contribution in [2.45, 2.75) is 78.0 Å². The van der Waals surface area contributed by atoms with Gasteiger partial charge in [-0.15, -0.1) is 0 Å². The van der Waals surface area contributed by atoms with Gasteiger partial charge >= 0.3 is 5.97 Å². The van der Waals surface area contributed by atoms with Gasteiger partial charge in [-0.1, -0.05) is 27.7 Å². The Morgan fingerprint density at radius 2 is 1.43 bits per heavy atom. The molecule has 0 saturated heterocycles. The summed E-state index contributed by atoms with van der Waals surface area (Å²) in [5, 5.41) is 16.4. The molecule has 30 heavy (non-hydrogen) atoms. The second-order valence-corrected chi connectivity index (χ2v) is 8.10. The number of hydrogen-bond acceptors (Lipinski definition) is 6. The van der Waals surface area contributed by atoms with E-state index in [-0.39, 0.29) is 24.7 Å². The number of carboxylic acid groups (broad SMARTS) is 1. The van der Waals surface area contributed by atoms with Crippen LogP contribution < -0.4 is 27.4 Å². The van der Waals surface area contributed by atoms with Gasteiger partial charge in [0.1, 0.15) is 18.1 Å². The highest BCUT2D eigenvalue weighted by Crippen LogP contribution is 2.06. The molecule has 0 saturated carbocycles. The van der Waals surface area contributed by atoms with E-state index in [0.717, 1.165) is 0 Å². The summed E-state index contributed by atoms with van der Waals surface area (Å²) < 4.78 is 0. The Kier molecular flexibility index (Phi) is 11.6. The fourth-order valence-electron chi connectivity index (χ4n) is 2.62. The number of carbonyl (C=O) groups excluding carboxylic acids is 4. The molecule has 0 spiro atoms. The number of nitrogens with one attached hydrogen (secondary N) is 3. The number of carbonyl (C=O) groups is 5. The summed E-state index contributed by atoms with van der Waals surface area (Å²) in [4.78, 5) is 59.5. The molecule has 4 amide bonds. The molecule has 0 aromatic carbocycles. The average Bonchev–Trinajstić information content (AvgIpc) is 2.60.